The number of likely N-dealkylation sites (tertiary alicyclic amines) is 1. The van der Waals surface area contributed by atoms with Crippen LogP contribution in [-0.4, -0.2) is 54.5 Å². The third-order valence-electron chi connectivity index (χ3n) is 2.73. The molecule has 0 radical (unpaired) electrons. The predicted octanol–water partition coefficient (Wildman–Crippen LogP) is 0.386. The Hall–Kier alpha value is -1.02. The van der Waals surface area contributed by atoms with E-state index in [4.69, 9.17) is 10.9 Å². The zero-order valence-electron chi connectivity index (χ0n) is 8.79. The Bertz CT molecular complexity index is 282. The van der Waals surface area contributed by atoms with Gasteiger partial charge in [-0.15, -0.1) is 0 Å². The first-order chi connectivity index (χ1) is 7.34. The van der Waals surface area contributed by atoms with Gasteiger partial charge in [0.2, 0.25) is 0 Å². The van der Waals surface area contributed by atoms with Crippen LogP contribution in [0.5, 0.6) is 0 Å². The van der Waals surface area contributed by atoms with E-state index < -0.39 is 11.8 Å². The standard InChI is InChI=1S/C8H14F3N3O2/c1-16-7(8(9,10)11)2-3-14(5-7)4-6(12)13-15/h15H,2-5H2,1H3,(H2,12,13). The topological polar surface area (TPSA) is 71.1 Å². The zero-order valence-corrected chi connectivity index (χ0v) is 8.79. The van der Waals surface area contributed by atoms with Gasteiger partial charge in [0.25, 0.3) is 0 Å². The van der Waals surface area contributed by atoms with Crippen LogP contribution in [0.1, 0.15) is 6.42 Å². The van der Waals surface area contributed by atoms with Crippen molar-refractivity contribution >= 4 is 5.84 Å². The molecule has 5 nitrogen and oxygen atoms in total. The summed E-state index contributed by atoms with van der Waals surface area (Å²) in [6.45, 7) is -0.107. The van der Waals surface area contributed by atoms with E-state index in [1.165, 1.54) is 4.90 Å². The largest absolute Gasteiger partial charge is 0.418 e. The lowest BCUT2D eigenvalue weighted by molar-refractivity contribution is -0.263. The second-order valence-corrected chi connectivity index (χ2v) is 3.75. The van der Waals surface area contributed by atoms with Crippen LogP contribution >= 0.6 is 0 Å². The number of rotatable bonds is 3. The number of hydrogen-bond donors (Lipinski definition) is 2. The molecular formula is C8H14F3N3O2. The fourth-order valence-electron chi connectivity index (χ4n) is 1.77. The number of halogens is 3. The summed E-state index contributed by atoms with van der Waals surface area (Å²) >= 11 is 0. The zero-order chi connectivity index (χ0) is 12.4. The molecule has 0 bridgehead atoms. The van der Waals surface area contributed by atoms with Crippen LogP contribution in [0, 0.1) is 0 Å². The minimum atomic E-state index is -4.42. The summed E-state index contributed by atoms with van der Waals surface area (Å²) in [4.78, 5) is 1.44. The number of hydrogen-bond acceptors (Lipinski definition) is 4. The molecule has 0 aromatic rings. The van der Waals surface area contributed by atoms with Crippen molar-refractivity contribution in [2.45, 2.75) is 18.2 Å². The van der Waals surface area contributed by atoms with Gasteiger partial charge in [-0.25, -0.2) is 0 Å². The van der Waals surface area contributed by atoms with E-state index in [1.54, 1.807) is 0 Å². The fourth-order valence-corrected chi connectivity index (χ4v) is 1.77. The molecule has 0 saturated carbocycles. The summed E-state index contributed by atoms with van der Waals surface area (Å²) < 4.78 is 42.8. The number of nitrogens with two attached hydrogens (primary N) is 1. The number of nitrogens with zero attached hydrogens (tertiary/aromatic N) is 2. The SMILES string of the molecule is COC1(C(F)(F)F)CCN(C/C(N)=N/O)C1. The molecule has 1 atom stereocenters. The first-order valence-electron chi connectivity index (χ1n) is 4.65. The van der Waals surface area contributed by atoms with Gasteiger partial charge in [0.1, 0.15) is 0 Å². The predicted molar refractivity (Wildman–Crippen MR) is 50.3 cm³/mol. The minimum Gasteiger partial charge on any atom is -0.409 e. The lowest BCUT2D eigenvalue weighted by Crippen LogP contribution is -2.49. The Kier molecular flexibility index (Phi) is 3.64. The molecule has 1 aliphatic heterocycles. The van der Waals surface area contributed by atoms with Gasteiger partial charge in [-0.3, -0.25) is 4.90 Å². The number of amidine groups is 1. The number of ether oxygens (including phenoxy) is 1. The first-order valence-corrected chi connectivity index (χ1v) is 4.65. The first kappa shape index (κ1) is 13.0. The average Bonchev–Trinajstić information content (AvgIpc) is 2.61. The van der Waals surface area contributed by atoms with E-state index in [1.807, 2.05) is 0 Å². The van der Waals surface area contributed by atoms with Crippen LogP contribution in [0.4, 0.5) is 13.2 Å². The highest BCUT2D eigenvalue weighted by atomic mass is 19.4. The molecule has 1 saturated heterocycles. The number of alkyl halides is 3. The molecular weight excluding hydrogens is 227 g/mol. The Labute approximate surface area is 90.6 Å². The molecule has 94 valence electrons. The van der Waals surface area contributed by atoms with Gasteiger partial charge >= 0.3 is 6.18 Å². The molecule has 1 fully saturated rings. The van der Waals surface area contributed by atoms with Gasteiger partial charge in [0.15, 0.2) is 11.4 Å². The maximum Gasteiger partial charge on any atom is 0.418 e. The van der Waals surface area contributed by atoms with Crippen molar-refractivity contribution in [1.82, 2.24) is 4.90 Å². The third-order valence-corrected chi connectivity index (χ3v) is 2.73. The lowest BCUT2D eigenvalue weighted by Gasteiger charge is -2.30. The van der Waals surface area contributed by atoms with Gasteiger partial charge in [0.05, 0.1) is 6.54 Å². The van der Waals surface area contributed by atoms with Gasteiger partial charge in [-0.05, 0) is 6.42 Å². The maximum atomic E-state index is 12.7. The summed E-state index contributed by atoms with van der Waals surface area (Å²) in [6, 6.07) is 0. The lowest BCUT2D eigenvalue weighted by atomic mass is 10.0. The summed E-state index contributed by atoms with van der Waals surface area (Å²) in [5, 5.41) is 11.0. The smallest absolute Gasteiger partial charge is 0.409 e. The molecule has 3 N–H and O–H groups in total. The second-order valence-electron chi connectivity index (χ2n) is 3.75. The van der Waals surface area contributed by atoms with E-state index in [9.17, 15) is 13.2 Å². The summed E-state index contributed by atoms with van der Waals surface area (Å²) in [6.07, 6.45) is -4.56. The van der Waals surface area contributed by atoms with Crippen molar-refractivity contribution in [3.63, 3.8) is 0 Å². The Balaban J connectivity index is 2.69. The van der Waals surface area contributed by atoms with Gasteiger partial charge < -0.3 is 15.7 Å². The highest BCUT2D eigenvalue weighted by Gasteiger charge is 2.58. The van der Waals surface area contributed by atoms with Crippen LogP contribution in [0.3, 0.4) is 0 Å². The van der Waals surface area contributed by atoms with Crippen molar-refractivity contribution in [3.05, 3.63) is 0 Å². The van der Waals surface area contributed by atoms with Crippen molar-refractivity contribution in [3.8, 4) is 0 Å². The van der Waals surface area contributed by atoms with Crippen LogP contribution in [0.25, 0.3) is 0 Å². The second kappa shape index (κ2) is 4.46. The van der Waals surface area contributed by atoms with E-state index >= 15 is 0 Å². The monoisotopic (exact) mass is 241 g/mol. The van der Waals surface area contributed by atoms with E-state index in [2.05, 4.69) is 9.89 Å². The van der Waals surface area contributed by atoms with Gasteiger partial charge in [0, 0.05) is 20.2 Å². The number of methoxy groups -OCH3 is 1. The van der Waals surface area contributed by atoms with Gasteiger partial charge in [-0.1, -0.05) is 5.16 Å². The van der Waals surface area contributed by atoms with E-state index in [0.29, 0.717) is 0 Å². The molecule has 0 aliphatic carbocycles. The van der Waals surface area contributed by atoms with Crippen molar-refractivity contribution in [2.24, 2.45) is 10.9 Å². The highest BCUT2D eigenvalue weighted by molar-refractivity contribution is 5.81. The van der Waals surface area contributed by atoms with Crippen LogP contribution in [0.2, 0.25) is 0 Å². The molecule has 1 heterocycles. The number of oxime groups is 1. The Morgan fingerprint density at radius 3 is 2.62 bits per heavy atom. The van der Waals surface area contributed by atoms with Crippen LogP contribution in [-0.2, 0) is 4.74 Å². The Morgan fingerprint density at radius 2 is 2.25 bits per heavy atom. The van der Waals surface area contributed by atoms with Crippen molar-refractivity contribution in [1.29, 1.82) is 0 Å². The molecule has 16 heavy (non-hydrogen) atoms. The third kappa shape index (κ3) is 2.38. The summed E-state index contributed by atoms with van der Waals surface area (Å²) in [5.41, 5.74) is 3.09. The fraction of sp³-hybridized carbons (Fsp3) is 0.875. The average molecular weight is 241 g/mol. The van der Waals surface area contributed by atoms with Crippen LogP contribution < -0.4 is 5.73 Å². The molecule has 0 amide bonds. The molecule has 0 aromatic heterocycles. The van der Waals surface area contributed by atoms with Crippen LogP contribution in [0.15, 0.2) is 5.16 Å². The molecule has 0 aromatic carbocycles. The quantitative estimate of drug-likeness (QED) is 0.324. The van der Waals surface area contributed by atoms with Crippen molar-refractivity contribution in [2.75, 3.05) is 26.7 Å². The van der Waals surface area contributed by atoms with Gasteiger partial charge in [-0.2, -0.15) is 13.2 Å². The molecule has 8 heteroatoms. The highest BCUT2D eigenvalue weighted by Crippen LogP contribution is 2.40. The summed E-state index contributed by atoms with van der Waals surface area (Å²) in [7, 11) is 1.04. The molecule has 0 spiro atoms. The normalized spacial score (nSPS) is 28.6. The summed E-state index contributed by atoms with van der Waals surface area (Å²) in [5.74, 6) is -0.117. The minimum absolute atomic E-state index is 0.00229. The molecule has 1 unspecified atom stereocenters. The van der Waals surface area contributed by atoms with E-state index in [-0.39, 0.29) is 31.9 Å². The maximum absolute atomic E-state index is 12.7. The van der Waals surface area contributed by atoms with Crippen molar-refractivity contribution < 1.29 is 23.1 Å². The molecule has 1 aliphatic rings. The van der Waals surface area contributed by atoms with E-state index in [0.717, 1.165) is 7.11 Å². The molecule has 1 rings (SSSR count). The Morgan fingerprint density at radius 1 is 1.62 bits per heavy atom.